The molecule has 0 saturated carbocycles. The van der Waals surface area contributed by atoms with E-state index in [1.165, 1.54) is 71.7 Å². The molecule has 0 amide bonds. The van der Waals surface area contributed by atoms with E-state index >= 15 is 0 Å². The third-order valence-corrected chi connectivity index (χ3v) is 10.6. The largest absolute Gasteiger partial charge is 0.316 e. The third kappa shape index (κ3) is 5.53. The van der Waals surface area contributed by atoms with Crippen molar-refractivity contribution in [1.29, 1.82) is 0 Å². The van der Waals surface area contributed by atoms with E-state index < -0.39 is 0 Å². The van der Waals surface area contributed by atoms with Crippen LogP contribution in [0.1, 0.15) is 0 Å². The van der Waals surface area contributed by atoms with Crippen LogP contribution in [0, 0.1) is 0 Å². The molecule has 0 spiro atoms. The van der Waals surface area contributed by atoms with E-state index in [1.807, 2.05) is 0 Å². The smallest absolute Gasteiger partial charge is 0.0541 e. The molecule has 0 fully saturated rings. The predicted octanol–water partition coefficient (Wildman–Crippen LogP) is 14.4. The molecule has 8 aromatic carbocycles. The van der Waals surface area contributed by atoms with Crippen molar-refractivity contribution in [1.82, 2.24) is 4.40 Å². The lowest BCUT2D eigenvalue weighted by Crippen LogP contribution is -2.09. The molecule has 2 heterocycles. The Morgan fingerprint density at radius 2 is 0.778 bits per heavy atom. The van der Waals surface area contributed by atoms with Gasteiger partial charge >= 0.3 is 0 Å². The van der Waals surface area contributed by atoms with Gasteiger partial charge in [-0.2, -0.15) is 0 Å². The van der Waals surface area contributed by atoms with Crippen molar-refractivity contribution in [3.8, 4) is 44.5 Å². The molecule has 0 saturated heterocycles. The summed E-state index contributed by atoms with van der Waals surface area (Å²) in [7, 11) is 0. The van der Waals surface area contributed by atoms with Gasteiger partial charge in [-0.05, 0) is 104 Å². The Morgan fingerprint density at radius 1 is 0.296 bits per heavy atom. The maximum Gasteiger partial charge on any atom is 0.0541 e. The molecule has 54 heavy (non-hydrogen) atoms. The summed E-state index contributed by atoms with van der Waals surface area (Å²) in [6, 6.07) is 76.5. The second-order valence-corrected chi connectivity index (χ2v) is 13.8. The first-order chi connectivity index (χ1) is 26.8. The number of benzene rings is 8. The maximum absolute atomic E-state index is 2.35. The highest BCUT2D eigenvalue weighted by Crippen LogP contribution is 2.43. The fraction of sp³-hybridized carbons (Fsp3) is 0. The molecular weight excluding hydrogens is 653 g/mol. The summed E-state index contributed by atoms with van der Waals surface area (Å²) in [5.41, 5.74) is 15.5. The molecule has 10 aromatic rings. The van der Waals surface area contributed by atoms with Gasteiger partial charge in [0, 0.05) is 34.2 Å². The fourth-order valence-electron chi connectivity index (χ4n) is 8.05. The monoisotopic (exact) mass is 688 g/mol. The molecule has 2 nitrogen and oxygen atoms in total. The van der Waals surface area contributed by atoms with Crippen molar-refractivity contribution in [3.63, 3.8) is 0 Å². The Balaban J connectivity index is 1.08. The van der Waals surface area contributed by atoms with Crippen LogP contribution in [0.4, 0.5) is 17.1 Å². The molecule has 0 aliphatic rings. The van der Waals surface area contributed by atoms with E-state index in [0.717, 1.165) is 17.1 Å². The SMILES string of the molecule is c1ccc(-c2ccc(N(c3ccc(-c4ccccc4)cc3)c3ccc(-c4cccc5c4ccc4c5c(-c5ccccc5)c5ccccn54)cc3)cc2)cc1. The van der Waals surface area contributed by atoms with Crippen LogP contribution in [0.2, 0.25) is 0 Å². The number of anilines is 3. The van der Waals surface area contributed by atoms with Crippen molar-refractivity contribution < 1.29 is 0 Å². The first-order valence-corrected chi connectivity index (χ1v) is 18.5. The number of nitrogens with zero attached hydrogens (tertiary/aromatic N) is 2. The first kappa shape index (κ1) is 31.6. The molecule has 0 atom stereocenters. The third-order valence-electron chi connectivity index (χ3n) is 10.6. The van der Waals surface area contributed by atoms with Crippen molar-refractivity contribution in [2.45, 2.75) is 0 Å². The van der Waals surface area contributed by atoms with Gasteiger partial charge in [-0.3, -0.25) is 0 Å². The van der Waals surface area contributed by atoms with Gasteiger partial charge in [0.05, 0.1) is 11.0 Å². The van der Waals surface area contributed by atoms with E-state index in [-0.39, 0.29) is 0 Å². The molecule has 0 aliphatic heterocycles. The van der Waals surface area contributed by atoms with Crippen LogP contribution in [0.5, 0.6) is 0 Å². The molecule has 10 rings (SSSR count). The molecule has 2 aromatic heterocycles. The molecule has 0 unspecified atom stereocenters. The van der Waals surface area contributed by atoms with Crippen molar-refractivity contribution in [2.24, 2.45) is 0 Å². The zero-order chi connectivity index (χ0) is 35.8. The summed E-state index contributed by atoms with van der Waals surface area (Å²) in [5.74, 6) is 0. The maximum atomic E-state index is 2.35. The number of hydrogen-bond acceptors (Lipinski definition) is 1. The summed E-state index contributed by atoms with van der Waals surface area (Å²) in [5, 5.41) is 3.79. The minimum Gasteiger partial charge on any atom is -0.316 e. The van der Waals surface area contributed by atoms with Crippen LogP contribution in [0.15, 0.2) is 219 Å². The lowest BCUT2D eigenvalue weighted by molar-refractivity contribution is 1.26. The van der Waals surface area contributed by atoms with E-state index in [0.29, 0.717) is 0 Å². The second-order valence-electron chi connectivity index (χ2n) is 13.8. The number of hydrogen-bond donors (Lipinski definition) is 0. The van der Waals surface area contributed by atoms with Crippen LogP contribution < -0.4 is 4.90 Å². The van der Waals surface area contributed by atoms with E-state index in [1.54, 1.807) is 0 Å². The topological polar surface area (TPSA) is 7.65 Å². The van der Waals surface area contributed by atoms with Crippen LogP contribution in [-0.2, 0) is 0 Å². The molecule has 0 bridgehead atoms. The van der Waals surface area contributed by atoms with Gasteiger partial charge < -0.3 is 9.30 Å². The lowest BCUT2D eigenvalue weighted by atomic mass is 9.93. The Kier molecular flexibility index (Phi) is 7.85. The quantitative estimate of drug-likeness (QED) is 0.162. The zero-order valence-corrected chi connectivity index (χ0v) is 29.7. The zero-order valence-electron chi connectivity index (χ0n) is 29.7. The van der Waals surface area contributed by atoms with Crippen molar-refractivity contribution in [3.05, 3.63) is 219 Å². The Labute approximate surface area is 315 Å². The van der Waals surface area contributed by atoms with Gasteiger partial charge in [0.15, 0.2) is 0 Å². The highest BCUT2D eigenvalue weighted by atomic mass is 15.1. The molecule has 0 N–H and O–H groups in total. The summed E-state index contributed by atoms with van der Waals surface area (Å²) in [4.78, 5) is 2.35. The van der Waals surface area contributed by atoms with Crippen LogP contribution in [0.25, 0.3) is 71.7 Å². The van der Waals surface area contributed by atoms with Crippen LogP contribution >= 0.6 is 0 Å². The highest BCUT2D eigenvalue weighted by molar-refractivity contribution is 6.20. The molecule has 254 valence electrons. The molecular formula is C52H36N2. The molecule has 0 aliphatic carbocycles. The number of rotatable bonds is 7. The van der Waals surface area contributed by atoms with Gasteiger partial charge in [-0.15, -0.1) is 0 Å². The van der Waals surface area contributed by atoms with E-state index in [2.05, 4.69) is 228 Å². The minimum atomic E-state index is 1.10. The van der Waals surface area contributed by atoms with Gasteiger partial charge in [0.25, 0.3) is 0 Å². The Hall–Kier alpha value is -7.16. The van der Waals surface area contributed by atoms with Gasteiger partial charge in [-0.25, -0.2) is 0 Å². The Morgan fingerprint density at radius 3 is 1.33 bits per heavy atom. The summed E-state index contributed by atoms with van der Waals surface area (Å²) < 4.78 is 2.33. The second kappa shape index (κ2) is 13.4. The van der Waals surface area contributed by atoms with Crippen LogP contribution in [-0.4, -0.2) is 4.40 Å². The fourth-order valence-corrected chi connectivity index (χ4v) is 8.05. The number of pyridine rings is 1. The lowest BCUT2D eigenvalue weighted by Gasteiger charge is -2.26. The van der Waals surface area contributed by atoms with E-state index in [9.17, 15) is 0 Å². The van der Waals surface area contributed by atoms with Gasteiger partial charge in [0.1, 0.15) is 0 Å². The summed E-state index contributed by atoms with van der Waals surface area (Å²) in [6.07, 6.45) is 2.18. The number of aromatic nitrogens is 1. The van der Waals surface area contributed by atoms with Crippen molar-refractivity contribution in [2.75, 3.05) is 4.90 Å². The van der Waals surface area contributed by atoms with Crippen molar-refractivity contribution >= 4 is 44.3 Å². The van der Waals surface area contributed by atoms with E-state index in [4.69, 9.17) is 0 Å². The normalized spacial score (nSPS) is 11.3. The average Bonchev–Trinajstić information content (AvgIpc) is 3.60. The minimum absolute atomic E-state index is 1.10. The molecule has 0 radical (unpaired) electrons. The molecule has 2 heteroatoms. The van der Waals surface area contributed by atoms with Gasteiger partial charge in [-0.1, -0.05) is 158 Å². The first-order valence-electron chi connectivity index (χ1n) is 18.5. The summed E-state index contributed by atoms with van der Waals surface area (Å²) in [6.45, 7) is 0. The standard InChI is InChI=1S/C52H36N2/c1-4-13-37(14-5-1)39-22-28-43(29-23-39)54(44-30-24-40(25-31-44)38-15-6-2-7-16-38)45-32-26-41(27-33-45)46-19-12-20-48-47(46)34-35-50-52(48)51(42-17-8-3-9-18-42)49-21-10-11-36-53(49)50/h1-36H. The summed E-state index contributed by atoms with van der Waals surface area (Å²) >= 11 is 0. The van der Waals surface area contributed by atoms with Crippen LogP contribution in [0.3, 0.4) is 0 Å². The number of fused-ring (bicyclic) bond motifs is 5. The van der Waals surface area contributed by atoms with Gasteiger partial charge in [0.2, 0.25) is 0 Å². The Bertz CT molecular complexity index is 2790. The average molecular weight is 689 g/mol. The predicted molar refractivity (Wildman–Crippen MR) is 229 cm³/mol. The highest BCUT2D eigenvalue weighted by Gasteiger charge is 2.18.